The molecule has 0 amide bonds. The first-order valence-electron chi connectivity index (χ1n) is 2.55. The van der Waals surface area contributed by atoms with Gasteiger partial charge in [-0.2, -0.15) is 0 Å². The van der Waals surface area contributed by atoms with E-state index >= 15 is 0 Å². The summed E-state index contributed by atoms with van der Waals surface area (Å²) in [6.07, 6.45) is 0. The standard InChI is InChI=1S/C4H8O5S.CH4/c1-2-9-4(5)3-10(6,7)8;/h2-3H2,1H3,(H,6,7,8);1H4/p-1. The molecule has 0 atom stereocenters. The van der Waals surface area contributed by atoms with Gasteiger partial charge in [0.2, 0.25) is 0 Å². The first kappa shape index (κ1) is 13.0. The number of carbonyl (C=O) groups is 1. The summed E-state index contributed by atoms with van der Waals surface area (Å²) in [6, 6.07) is 0. The Morgan fingerprint density at radius 2 is 2.00 bits per heavy atom. The van der Waals surface area contributed by atoms with Gasteiger partial charge in [-0.1, -0.05) is 7.43 Å². The van der Waals surface area contributed by atoms with Gasteiger partial charge in [0, 0.05) is 0 Å². The van der Waals surface area contributed by atoms with Gasteiger partial charge in [-0.25, -0.2) is 8.42 Å². The van der Waals surface area contributed by atoms with E-state index in [0.717, 1.165) is 0 Å². The SMILES string of the molecule is C.CCOC(=O)CS(=O)(=O)[O-]. The van der Waals surface area contributed by atoms with Crippen molar-refractivity contribution in [2.45, 2.75) is 14.4 Å². The second-order valence-corrected chi connectivity index (χ2v) is 2.91. The molecule has 0 N–H and O–H groups in total. The minimum Gasteiger partial charge on any atom is -0.748 e. The normalized spacial score (nSPS) is 10.0. The van der Waals surface area contributed by atoms with Crippen LogP contribution in [-0.2, 0) is 19.6 Å². The smallest absolute Gasteiger partial charge is 0.319 e. The summed E-state index contributed by atoms with van der Waals surface area (Å²) in [5.41, 5.74) is 0. The third-order valence-electron chi connectivity index (χ3n) is 0.600. The quantitative estimate of drug-likeness (QED) is 0.444. The maximum absolute atomic E-state index is 10.3. The molecule has 6 heteroatoms. The number of hydrogen-bond donors (Lipinski definition) is 0. The van der Waals surface area contributed by atoms with Gasteiger partial charge in [-0.15, -0.1) is 0 Å². The average molecular weight is 183 g/mol. The van der Waals surface area contributed by atoms with Crippen LogP contribution in [0.1, 0.15) is 14.4 Å². The summed E-state index contributed by atoms with van der Waals surface area (Å²) >= 11 is 0. The van der Waals surface area contributed by atoms with Gasteiger partial charge in [0.05, 0.1) is 6.61 Å². The Labute approximate surface area is 66.1 Å². The Balaban J connectivity index is 0. The molecule has 0 radical (unpaired) electrons. The van der Waals surface area contributed by atoms with Crippen molar-refractivity contribution in [3.05, 3.63) is 0 Å². The third-order valence-corrected chi connectivity index (χ3v) is 1.19. The molecular formula is C5H11O5S-. The lowest BCUT2D eigenvalue weighted by Gasteiger charge is -2.04. The number of hydrogen-bond acceptors (Lipinski definition) is 5. The van der Waals surface area contributed by atoms with E-state index in [0.29, 0.717) is 0 Å². The molecule has 0 aliphatic rings. The average Bonchev–Trinajstić information content (AvgIpc) is 1.59. The highest BCUT2D eigenvalue weighted by molar-refractivity contribution is 7.86. The van der Waals surface area contributed by atoms with Crippen LogP contribution in [0.3, 0.4) is 0 Å². The fraction of sp³-hybridized carbons (Fsp3) is 0.800. The molecule has 0 aliphatic heterocycles. The van der Waals surface area contributed by atoms with Crippen LogP contribution in [0, 0.1) is 0 Å². The highest BCUT2D eigenvalue weighted by Crippen LogP contribution is 1.84. The van der Waals surface area contributed by atoms with Crippen LogP contribution >= 0.6 is 0 Å². The van der Waals surface area contributed by atoms with Crippen molar-refractivity contribution in [2.24, 2.45) is 0 Å². The van der Waals surface area contributed by atoms with E-state index in [2.05, 4.69) is 4.74 Å². The Bertz CT molecular complexity index is 205. The molecular weight excluding hydrogens is 172 g/mol. The molecule has 0 aliphatic carbocycles. The van der Waals surface area contributed by atoms with Crippen LogP contribution in [0.25, 0.3) is 0 Å². The number of carbonyl (C=O) groups excluding carboxylic acids is 1. The first-order valence-corrected chi connectivity index (χ1v) is 4.12. The number of rotatable bonds is 3. The highest BCUT2D eigenvalue weighted by Gasteiger charge is 2.05. The monoisotopic (exact) mass is 183 g/mol. The van der Waals surface area contributed by atoms with Gasteiger partial charge in [0.1, 0.15) is 15.9 Å². The predicted molar refractivity (Wildman–Crippen MR) is 37.9 cm³/mol. The van der Waals surface area contributed by atoms with E-state index in [9.17, 15) is 17.8 Å². The van der Waals surface area contributed by atoms with E-state index in [1.165, 1.54) is 6.92 Å². The second kappa shape index (κ2) is 5.09. The van der Waals surface area contributed by atoms with Crippen molar-refractivity contribution in [1.29, 1.82) is 0 Å². The van der Waals surface area contributed by atoms with Crippen LogP contribution in [-0.4, -0.2) is 31.3 Å². The maximum Gasteiger partial charge on any atom is 0.319 e. The lowest BCUT2D eigenvalue weighted by atomic mass is 10.8. The minimum atomic E-state index is -4.47. The van der Waals surface area contributed by atoms with E-state index in [1.54, 1.807) is 0 Å². The van der Waals surface area contributed by atoms with Crippen molar-refractivity contribution in [3.63, 3.8) is 0 Å². The van der Waals surface area contributed by atoms with Crippen LogP contribution in [0.5, 0.6) is 0 Å². The van der Waals surface area contributed by atoms with Gasteiger partial charge >= 0.3 is 5.97 Å². The molecule has 0 bridgehead atoms. The second-order valence-electron chi connectivity index (χ2n) is 1.51. The zero-order chi connectivity index (χ0) is 8.20. The number of esters is 1. The van der Waals surface area contributed by atoms with Crippen LogP contribution in [0.4, 0.5) is 0 Å². The van der Waals surface area contributed by atoms with Crippen LogP contribution < -0.4 is 0 Å². The summed E-state index contributed by atoms with van der Waals surface area (Å²) in [7, 11) is -4.47. The fourth-order valence-electron chi connectivity index (χ4n) is 0.347. The Morgan fingerprint density at radius 1 is 1.55 bits per heavy atom. The molecule has 0 spiro atoms. The molecule has 0 saturated heterocycles. The molecule has 68 valence electrons. The molecule has 0 heterocycles. The highest BCUT2D eigenvalue weighted by atomic mass is 32.2. The maximum atomic E-state index is 10.3. The summed E-state index contributed by atoms with van der Waals surface area (Å²) < 4.78 is 33.8. The fourth-order valence-corrected chi connectivity index (χ4v) is 0.719. The van der Waals surface area contributed by atoms with Gasteiger partial charge < -0.3 is 9.29 Å². The molecule has 0 saturated carbocycles. The summed E-state index contributed by atoms with van der Waals surface area (Å²) in [6.45, 7) is 1.60. The van der Waals surface area contributed by atoms with E-state index in [1.807, 2.05) is 0 Å². The van der Waals surface area contributed by atoms with Crippen LogP contribution in [0.15, 0.2) is 0 Å². The first-order chi connectivity index (χ1) is 4.45. The van der Waals surface area contributed by atoms with E-state index in [-0.39, 0.29) is 14.0 Å². The molecule has 0 unspecified atom stereocenters. The van der Waals surface area contributed by atoms with Crippen molar-refractivity contribution in [3.8, 4) is 0 Å². The van der Waals surface area contributed by atoms with Crippen molar-refractivity contribution < 1.29 is 22.5 Å². The minimum absolute atomic E-state index is 0. The third kappa shape index (κ3) is 9.38. The molecule has 0 aromatic heterocycles. The van der Waals surface area contributed by atoms with E-state index < -0.39 is 21.8 Å². The molecule has 0 aromatic rings. The van der Waals surface area contributed by atoms with Gasteiger partial charge in [-0.3, -0.25) is 4.79 Å². The summed E-state index contributed by atoms with van der Waals surface area (Å²) in [5, 5.41) is 0. The molecule has 0 fully saturated rings. The molecule has 5 nitrogen and oxygen atoms in total. The van der Waals surface area contributed by atoms with Crippen molar-refractivity contribution in [2.75, 3.05) is 12.4 Å². The van der Waals surface area contributed by atoms with Crippen LogP contribution in [0.2, 0.25) is 0 Å². The predicted octanol–water partition coefficient (Wildman–Crippen LogP) is -0.269. The topological polar surface area (TPSA) is 83.5 Å². The number of ether oxygens (including phenoxy) is 1. The zero-order valence-corrected chi connectivity index (χ0v) is 6.18. The van der Waals surface area contributed by atoms with E-state index in [4.69, 9.17) is 0 Å². The van der Waals surface area contributed by atoms with Crippen molar-refractivity contribution >= 4 is 16.1 Å². The molecule has 0 aromatic carbocycles. The summed E-state index contributed by atoms with van der Waals surface area (Å²) in [5.74, 6) is -2.08. The molecule has 0 rings (SSSR count). The molecule has 11 heavy (non-hydrogen) atoms. The lowest BCUT2D eigenvalue weighted by molar-refractivity contribution is -0.140. The zero-order valence-electron chi connectivity index (χ0n) is 5.36. The Hall–Kier alpha value is -0.620. The Kier molecular flexibility index (Phi) is 6.01. The van der Waals surface area contributed by atoms with Gasteiger partial charge in [0.25, 0.3) is 0 Å². The summed E-state index contributed by atoms with van der Waals surface area (Å²) in [4.78, 5) is 10.3. The Morgan fingerprint density at radius 3 is 2.27 bits per heavy atom. The van der Waals surface area contributed by atoms with Gasteiger partial charge in [0.15, 0.2) is 0 Å². The van der Waals surface area contributed by atoms with Crippen molar-refractivity contribution in [1.82, 2.24) is 0 Å². The largest absolute Gasteiger partial charge is 0.748 e. The lowest BCUT2D eigenvalue weighted by Crippen LogP contribution is -2.17. The van der Waals surface area contributed by atoms with Gasteiger partial charge in [-0.05, 0) is 6.92 Å².